The molecule has 2 rings (SSSR count). The first-order chi connectivity index (χ1) is 11.4. The maximum Gasteiger partial charge on any atom is 0.422 e. The van der Waals surface area contributed by atoms with Crippen LogP contribution in [0.15, 0.2) is 18.3 Å². The zero-order chi connectivity index (χ0) is 17.6. The van der Waals surface area contributed by atoms with E-state index < -0.39 is 12.8 Å². The van der Waals surface area contributed by atoms with Crippen molar-refractivity contribution < 1.29 is 22.7 Å². The van der Waals surface area contributed by atoms with E-state index in [0.29, 0.717) is 24.6 Å². The highest BCUT2D eigenvalue weighted by Gasteiger charge is 2.29. The molecule has 0 aromatic carbocycles. The summed E-state index contributed by atoms with van der Waals surface area (Å²) in [6, 6.07) is 2.74. The summed E-state index contributed by atoms with van der Waals surface area (Å²) in [5.74, 6) is 0.337. The molecule has 9 heteroatoms. The van der Waals surface area contributed by atoms with Crippen LogP contribution in [0.25, 0.3) is 0 Å². The molecule has 1 aromatic rings. The molecule has 142 valence electrons. The molecule has 0 bridgehead atoms. The van der Waals surface area contributed by atoms with Gasteiger partial charge in [0.1, 0.15) is 0 Å². The van der Waals surface area contributed by atoms with Crippen molar-refractivity contribution in [2.75, 3.05) is 33.3 Å². The molecule has 0 aliphatic carbocycles. The summed E-state index contributed by atoms with van der Waals surface area (Å²) < 4.78 is 40.8. The van der Waals surface area contributed by atoms with E-state index in [4.69, 9.17) is 0 Å². The number of pyridine rings is 1. The number of alkyl halides is 3. The van der Waals surface area contributed by atoms with Crippen LogP contribution in [0, 0.1) is 5.92 Å². The van der Waals surface area contributed by atoms with Crippen molar-refractivity contribution >= 4 is 18.3 Å². The van der Waals surface area contributed by atoms with Gasteiger partial charge in [0, 0.05) is 25.4 Å². The molecule has 1 aromatic heterocycles. The highest BCUT2D eigenvalue weighted by molar-refractivity contribution is 5.94. The highest BCUT2D eigenvalue weighted by atomic mass is 35.5. The Morgan fingerprint density at radius 2 is 2.04 bits per heavy atom. The monoisotopic (exact) mass is 381 g/mol. The van der Waals surface area contributed by atoms with Crippen molar-refractivity contribution in [3.8, 4) is 5.88 Å². The van der Waals surface area contributed by atoms with Crippen LogP contribution >= 0.6 is 12.4 Å². The van der Waals surface area contributed by atoms with Crippen molar-refractivity contribution in [1.82, 2.24) is 15.2 Å². The predicted octanol–water partition coefficient (Wildman–Crippen LogP) is 2.91. The minimum atomic E-state index is -4.41. The van der Waals surface area contributed by atoms with Gasteiger partial charge in [-0.2, -0.15) is 13.2 Å². The molecule has 0 atom stereocenters. The molecule has 2 heterocycles. The number of likely N-dealkylation sites (tertiary alicyclic amines) is 1. The van der Waals surface area contributed by atoms with Crippen LogP contribution in [0.3, 0.4) is 0 Å². The van der Waals surface area contributed by atoms with Gasteiger partial charge in [0.15, 0.2) is 6.61 Å². The first-order valence-electron chi connectivity index (χ1n) is 7.98. The van der Waals surface area contributed by atoms with Crippen LogP contribution < -0.4 is 10.1 Å². The number of carbonyl (C=O) groups excluding carboxylic acids is 1. The second-order valence-corrected chi connectivity index (χ2v) is 5.92. The number of rotatable bonds is 6. The number of aromatic nitrogens is 1. The Balaban J connectivity index is 0.00000312. The van der Waals surface area contributed by atoms with E-state index in [1.165, 1.54) is 18.3 Å². The van der Waals surface area contributed by atoms with E-state index >= 15 is 0 Å². The topological polar surface area (TPSA) is 54.5 Å². The second kappa shape index (κ2) is 9.82. The number of hydrogen-bond donors (Lipinski definition) is 1. The summed E-state index contributed by atoms with van der Waals surface area (Å²) in [6.45, 7) is 0.967. The van der Waals surface area contributed by atoms with Crippen LogP contribution in [-0.2, 0) is 0 Å². The smallest absolute Gasteiger partial charge is 0.422 e. The maximum absolute atomic E-state index is 12.4. The van der Waals surface area contributed by atoms with Gasteiger partial charge in [-0.15, -0.1) is 12.4 Å². The van der Waals surface area contributed by atoms with Crippen molar-refractivity contribution in [3.63, 3.8) is 0 Å². The van der Waals surface area contributed by atoms with Crippen molar-refractivity contribution in [3.05, 3.63) is 23.9 Å². The summed E-state index contributed by atoms with van der Waals surface area (Å²) >= 11 is 0. The number of amides is 1. The van der Waals surface area contributed by atoms with Crippen LogP contribution in [0.2, 0.25) is 0 Å². The molecule has 1 aliphatic rings. The van der Waals surface area contributed by atoms with Gasteiger partial charge >= 0.3 is 6.18 Å². The minimum absolute atomic E-state index is 0. The molecule has 0 saturated carbocycles. The number of hydrogen-bond acceptors (Lipinski definition) is 4. The third-order valence-corrected chi connectivity index (χ3v) is 4.07. The zero-order valence-corrected chi connectivity index (χ0v) is 14.8. The summed E-state index contributed by atoms with van der Waals surface area (Å²) in [5.41, 5.74) is 0.364. The zero-order valence-electron chi connectivity index (χ0n) is 14.0. The Labute approximate surface area is 151 Å². The third kappa shape index (κ3) is 7.07. The minimum Gasteiger partial charge on any atom is -0.468 e. The Kier molecular flexibility index (Phi) is 8.44. The number of carbonyl (C=O) groups is 1. The summed E-state index contributed by atoms with van der Waals surface area (Å²) in [6.07, 6.45) is -0.110. The Hall–Kier alpha value is -1.54. The lowest BCUT2D eigenvalue weighted by molar-refractivity contribution is -0.154. The van der Waals surface area contributed by atoms with Crippen LogP contribution in [-0.4, -0.2) is 55.3 Å². The molecule has 0 radical (unpaired) electrons. The molecule has 0 unspecified atom stereocenters. The number of piperidine rings is 1. The Morgan fingerprint density at radius 3 is 2.56 bits per heavy atom. The summed E-state index contributed by atoms with van der Waals surface area (Å²) in [7, 11) is 1.92. The number of nitrogens with one attached hydrogen (secondary N) is 1. The van der Waals surface area contributed by atoms with E-state index in [-0.39, 0.29) is 24.2 Å². The number of halogens is 4. The molecule has 1 amide bonds. The van der Waals surface area contributed by atoms with Gasteiger partial charge in [-0.1, -0.05) is 0 Å². The average Bonchev–Trinajstić information content (AvgIpc) is 2.58. The third-order valence-electron chi connectivity index (χ3n) is 4.07. The van der Waals surface area contributed by atoms with E-state index in [9.17, 15) is 18.0 Å². The van der Waals surface area contributed by atoms with Crippen molar-refractivity contribution in [1.29, 1.82) is 0 Å². The fourth-order valence-corrected chi connectivity index (χ4v) is 2.70. The van der Waals surface area contributed by atoms with Crippen LogP contribution in [0.1, 0.15) is 29.6 Å². The molecule has 1 saturated heterocycles. The van der Waals surface area contributed by atoms with Gasteiger partial charge in [-0.3, -0.25) is 4.79 Å². The molecule has 5 nitrogen and oxygen atoms in total. The van der Waals surface area contributed by atoms with Gasteiger partial charge in [-0.25, -0.2) is 4.98 Å². The van der Waals surface area contributed by atoms with Crippen LogP contribution in [0.4, 0.5) is 13.2 Å². The highest BCUT2D eigenvalue weighted by Crippen LogP contribution is 2.22. The predicted molar refractivity (Wildman–Crippen MR) is 90.2 cm³/mol. The van der Waals surface area contributed by atoms with Gasteiger partial charge in [-0.05, 0) is 44.8 Å². The Bertz CT molecular complexity index is 532. The molecule has 1 fully saturated rings. The first kappa shape index (κ1) is 21.5. The van der Waals surface area contributed by atoms with E-state index in [2.05, 4.69) is 15.0 Å². The molecule has 1 aliphatic heterocycles. The second-order valence-electron chi connectivity index (χ2n) is 5.92. The largest absolute Gasteiger partial charge is 0.468 e. The average molecular weight is 382 g/mol. The molecule has 1 N–H and O–H groups in total. The number of ether oxygens (including phenoxy) is 1. The first-order valence-corrected chi connectivity index (χ1v) is 7.98. The van der Waals surface area contributed by atoms with Gasteiger partial charge in [0.05, 0.1) is 5.56 Å². The summed E-state index contributed by atoms with van der Waals surface area (Å²) in [5, 5.41) is 3.13. The van der Waals surface area contributed by atoms with Crippen LogP contribution in [0.5, 0.6) is 5.88 Å². The molecule has 25 heavy (non-hydrogen) atoms. The molecular weight excluding hydrogens is 359 g/mol. The SMILES string of the molecule is CNCCC1CCN(C(=O)c2ccc(OCC(F)(F)F)nc2)CC1.Cl. The lowest BCUT2D eigenvalue weighted by Gasteiger charge is -2.32. The van der Waals surface area contributed by atoms with E-state index in [1.807, 2.05) is 7.05 Å². The number of nitrogens with zero attached hydrogens (tertiary/aromatic N) is 2. The lowest BCUT2D eigenvalue weighted by Crippen LogP contribution is -2.39. The quantitative estimate of drug-likeness (QED) is 0.823. The summed E-state index contributed by atoms with van der Waals surface area (Å²) in [4.78, 5) is 17.9. The maximum atomic E-state index is 12.4. The fourth-order valence-electron chi connectivity index (χ4n) is 2.70. The normalized spacial score (nSPS) is 15.6. The van der Waals surface area contributed by atoms with Gasteiger partial charge in [0.2, 0.25) is 5.88 Å². The fraction of sp³-hybridized carbons (Fsp3) is 0.625. The van der Waals surface area contributed by atoms with Crippen molar-refractivity contribution in [2.24, 2.45) is 5.92 Å². The van der Waals surface area contributed by atoms with Crippen molar-refractivity contribution in [2.45, 2.75) is 25.4 Å². The Morgan fingerprint density at radius 1 is 1.36 bits per heavy atom. The van der Waals surface area contributed by atoms with E-state index in [0.717, 1.165) is 25.8 Å². The van der Waals surface area contributed by atoms with E-state index in [1.54, 1.807) is 4.90 Å². The van der Waals surface area contributed by atoms with Gasteiger partial charge in [0.25, 0.3) is 5.91 Å². The van der Waals surface area contributed by atoms with Gasteiger partial charge < -0.3 is 15.0 Å². The molecular formula is C16H23ClF3N3O2. The lowest BCUT2D eigenvalue weighted by atomic mass is 9.93. The molecule has 0 spiro atoms. The standard InChI is InChI=1S/C16H22F3N3O2.ClH/c1-20-7-4-12-5-8-22(9-6-12)15(23)13-2-3-14(21-10-13)24-11-16(17,18)19;/h2-3,10,12,20H,4-9,11H2,1H3;1H.